The van der Waals surface area contributed by atoms with E-state index in [-0.39, 0.29) is 5.82 Å². The molecule has 3 heterocycles. The highest BCUT2D eigenvalue weighted by Crippen LogP contribution is 2.40. The van der Waals surface area contributed by atoms with Crippen molar-refractivity contribution in [2.75, 3.05) is 31.1 Å². The summed E-state index contributed by atoms with van der Waals surface area (Å²) >= 11 is 0. The second-order valence-electron chi connectivity index (χ2n) is 6.79. The number of nitrogens with zero attached hydrogens (tertiary/aromatic N) is 4. The molecule has 2 aromatic rings. The number of pyridine rings is 1. The third kappa shape index (κ3) is 3.67. The molecule has 1 saturated carbocycles. The van der Waals surface area contributed by atoms with Gasteiger partial charge < -0.3 is 9.42 Å². The summed E-state index contributed by atoms with van der Waals surface area (Å²) < 4.78 is 57.2. The lowest BCUT2D eigenvalue weighted by molar-refractivity contribution is -0.138. The molecular weight excluding hydrogens is 352 g/mol. The van der Waals surface area contributed by atoms with E-state index in [2.05, 4.69) is 15.0 Å². The average molecular weight is 370 g/mol. The molecule has 2 aliphatic rings. The van der Waals surface area contributed by atoms with Crippen LogP contribution in [0.25, 0.3) is 0 Å². The number of alkyl halides is 3. The topological polar surface area (TPSA) is 45.4 Å². The lowest BCUT2D eigenvalue weighted by atomic mass is 10.2. The first kappa shape index (κ1) is 17.3. The molecule has 0 amide bonds. The third-order valence-electron chi connectivity index (χ3n) is 4.76. The zero-order valence-corrected chi connectivity index (χ0v) is 14.0. The Balaban J connectivity index is 1.35. The SMILES string of the molecule is Fc1cc(C(F)(F)F)cnc1N1CCN(Cc2cc(C3CC3)on2)CC1. The Morgan fingerprint density at radius 1 is 1.12 bits per heavy atom. The van der Waals surface area contributed by atoms with E-state index in [1.165, 1.54) is 0 Å². The normalized spacial score (nSPS) is 19.2. The molecule has 26 heavy (non-hydrogen) atoms. The molecule has 1 aliphatic heterocycles. The highest BCUT2D eigenvalue weighted by Gasteiger charge is 2.33. The number of rotatable bonds is 4. The van der Waals surface area contributed by atoms with Crippen LogP contribution in [0, 0.1) is 5.82 Å². The monoisotopic (exact) mass is 370 g/mol. The van der Waals surface area contributed by atoms with Crippen molar-refractivity contribution in [2.24, 2.45) is 0 Å². The fourth-order valence-electron chi connectivity index (χ4n) is 3.13. The Kier molecular flexibility index (Phi) is 4.34. The third-order valence-corrected chi connectivity index (χ3v) is 4.76. The first-order chi connectivity index (χ1) is 12.4. The predicted molar refractivity (Wildman–Crippen MR) is 85.2 cm³/mol. The molecule has 0 N–H and O–H groups in total. The highest BCUT2D eigenvalue weighted by atomic mass is 19.4. The molecule has 5 nitrogen and oxygen atoms in total. The standard InChI is InChI=1S/C17H18F4N4O/c18-14-7-12(17(19,20)21)9-22-16(14)25-5-3-24(4-6-25)10-13-8-15(26-23-13)11-1-2-11/h7-9,11H,1-6,10H2. The van der Waals surface area contributed by atoms with E-state index in [0.717, 1.165) is 24.3 Å². The largest absolute Gasteiger partial charge is 0.417 e. The molecule has 4 rings (SSSR count). The molecule has 0 bridgehead atoms. The molecule has 1 saturated heterocycles. The molecule has 9 heteroatoms. The van der Waals surface area contributed by atoms with E-state index < -0.39 is 17.6 Å². The Hall–Kier alpha value is -2.16. The van der Waals surface area contributed by atoms with Crippen LogP contribution in [0.2, 0.25) is 0 Å². The number of aromatic nitrogens is 2. The van der Waals surface area contributed by atoms with E-state index in [1.54, 1.807) is 4.90 Å². The van der Waals surface area contributed by atoms with Crippen molar-refractivity contribution in [1.29, 1.82) is 0 Å². The van der Waals surface area contributed by atoms with Crippen LogP contribution in [0.4, 0.5) is 23.4 Å². The highest BCUT2D eigenvalue weighted by molar-refractivity contribution is 5.42. The van der Waals surface area contributed by atoms with Gasteiger partial charge in [0.05, 0.1) is 11.3 Å². The molecule has 1 aliphatic carbocycles. The lowest BCUT2D eigenvalue weighted by Crippen LogP contribution is -2.46. The van der Waals surface area contributed by atoms with Crippen molar-refractivity contribution in [3.05, 3.63) is 41.2 Å². The zero-order chi connectivity index (χ0) is 18.3. The molecule has 0 unspecified atom stereocenters. The molecule has 0 aromatic carbocycles. The van der Waals surface area contributed by atoms with Gasteiger partial charge in [-0.15, -0.1) is 0 Å². The summed E-state index contributed by atoms with van der Waals surface area (Å²) in [6.45, 7) is 2.92. The van der Waals surface area contributed by atoms with Crippen molar-refractivity contribution < 1.29 is 22.1 Å². The van der Waals surface area contributed by atoms with Crippen molar-refractivity contribution in [1.82, 2.24) is 15.0 Å². The van der Waals surface area contributed by atoms with Gasteiger partial charge >= 0.3 is 6.18 Å². The van der Waals surface area contributed by atoms with Gasteiger partial charge in [-0.2, -0.15) is 13.2 Å². The van der Waals surface area contributed by atoms with Gasteiger partial charge in [0, 0.05) is 50.9 Å². The molecule has 140 valence electrons. The van der Waals surface area contributed by atoms with Crippen LogP contribution in [-0.2, 0) is 12.7 Å². The molecule has 0 spiro atoms. The summed E-state index contributed by atoms with van der Waals surface area (Å²) in [6, 6.07) is 2.49. The van der Waals surface area contributed by atoms with E-state index in [9.17, 15) is 17.6 Å². The summed E-state index contributed by atoms with van der Waals surface area (Å²) in [5, 5.41) is 4.09. The van der Waals surface area contributed by atoms with Gasteiger partial charge in [0.25, 0.3) is 0 Å². The molecular formula is C17H18F4N4O. The number of piperazine rings is 1. The smallest absolute Gasteiger partial charge is 0.361 e. The van der Waals surface area contributed by atoms with E-state index in [1.807, 2.05) is 6.07 Å². The predicted octanol–water partition coefficient (Wildman–Crippen LogP) is 3.43. The summed E-state index contributed by atoms with van der Waals surface area (Å²) in [4.78, 5) is 7.52. The Morgan fingerprint density at radius 2 is 1.85 bits per heavy atom. The Bertz CT molecular complexity index is 779. The molecule has 2 fully saturated rings. The number of hydrogen-bond donors (Lipinski definition) is 0. The summed E-state index contributed by atoms with van der Waals surface area (Å²) in [6.07, 6.45) is -1.61. The second kappa shape index (κ2) is 6.53. The van der Waals surface area contributed by atoms with Gasteiger partial charge in [0.2, 0.25) is 0 Å². The number of halogens is 4. The maximum Gasteiger partial charge on any atom is 0.417 e. The van der Waals surface area contributed by atoms with Gasteiger partial charge in [0.15, 0.2) is 11.6 Å². The van der Waals surface area contributed by atoms with E-state index in [0.29, 0.717) is 50.9 Å². The second-order valence-corrected chi connectivity index (χ2v) is 6.79. The summed E-state index contributed by atoms with van der Waals surface area (Å²) in [5.41, 5.74) is -0.200. The van der Waals surface area contributed by atoms with Crippen molar-refractivity contribution in [3.63, 3.8) is 0 Å². The minimum atomic E-state index is -4.60. The maximum atomic E-state index is 14.1. The fourth-order valence-corrected chi connectivity index (χ4v) is 3.13. The first-order valence-electron chi connectivity index (χ1n) is 8.55. The Morgan fingerprint density at radius 3 is 2.46 bits per heavy atom. The number of hydrogen-bond acceptors (Lipinski definition) is 5. The zero-order valence-electron chi connectivity index (χ0n) is 14.0. The lowest BCUT2D eigenvalue weighted by Gasteiger charge is -2.35. The van der Waals surface area contributed by atoms with Crippen molar-refractivity contribution in [2.45, 2.75) is 31.5 Å². The van der Waals surface area contributed by atoms with Crippen LogP contribution < -0.4 is 4.90 Å². The minimum absolute atomic E-state index is 0.0323. The maximum absolute atomic E-state index is 14.1. The van der Waals surface area contributed by atoms with Crippen LogP contribution in [0.5, 0.6) is 0 Å². The van der Waals surface area contributed by atoms with Crippen LogP contribution in [0.15, 0.2) is 22.9 Å². The number of anilines is 1. The van der Waals surface area contributed by atoms with E-state index in [4.69, 9.17) is 4.52 Å². The van der Waals surface area contributed by atoms with Gasteiger partial charge in [-0.25, -0.2) is 9.37 Å². The van der Waals surface area contributed by atoms with Gasteiger partial charge in [-0.05, 0) is 18.9 Å². The summed E-state index contributed by atoms with van der Waals surface area (Å²) in [7, 11) is 0. The van der Waals surface area contributed by atoms with Gasteiger partial charge in [-0.3, -0.25) is 4.90 Å². The van der Waals surface area contributed by atoms with Gasteiger partial charge in [0.1, 0.15) is 5.76 Å². The quantitative estimate of drug-likeness (QED) is 0.772. The minimum Gasteiger partial charge on any atom is -0.361 e. The molecule has 0 atom stereocenters. The van der Waals surface area contributed by atoms with Crippen LogP contribution in [-0.4, -0.2) is 41.2 Å². The Labute approximate surface area is 147 Å². The average Bonchev–Trinajstić information content (AvgIpc) is 3.35. The van der Waals surface area contributed by atoms with Crippen LogP contribution in [0.1, 0.15) is 35.8 Å². The fraction of sp³-hybridized carbons (Fsp3) is 0.529. The van der Waals surface area contributed by atoms with Crippen LogP contribution >= 0.6 is 0 Å². The van der Waals surface area contributed by atoms with E-state index >= 15 is 0 Å². The van der Waals surface area contributed by atoms with Crippen molar-refractivity contribution >= 4 is 5.82 Å². The van der Waals surface area contributed by atoms with Gasteiger partial charge in [-0.1, -0.05) is 5.16 Å². The van der Waals surface area contributed by atoms with Crippen LogP contribution in [0.3, 0.4) is 0 Å². The van der Waals surface area contributed by atoms with Crippen molar-refractivity contribution in [3.8, 4) is 0 Å². The molecule has 0 radical (unpaired) electrons. The first-order valence-corrected chi connectivity index (χ1v) is 8.55. The summed E-state index contributed by atoms with van der Waals surface area (Å²) in [5.74, 6) is 0.477. The molecule has 2 aromatic heterocycles.